The largest absolute Gasteiger partial charge is 0.310 e. The molecule has 0 aliphatic carbocycles. The van der Waals surface area contributed by atoms with Gasteiger partial charge in [0.1, 0.15) is 0 Å². The molecule has 0 amide bonds. The number of hydrogen-bond donors (Lipinski definition) is 0. The van der Waals surface area contributed by atoms with Gasteiger partial charge in [-0.2, -0.15) is 0 Å². The molecule has 0 spiro atoms. The molecular formula is C82H50N6. The lowest BCUT2D eigenvalue weighted by atomic mass is 9.91. The quantitative estimate of drug-likeness (QED) is 0.112. The van der Waals surface area contributed by atoms with Crippen LogP contribution < -0.4 is 4.90 Å². The van der Waals surface area contributed by atoms with Crippen LogP contribution in [0.1, 0.15) is 0 Å². The zero-order chi connectivity index (χ0) is 57.8. The van der Waals surface area contributed by atoms with E-state index < -0.39 is 0 Å². The van der Waals surface area contributed by atoms with Gasteiger partial charge in [-0.3, -0.25) is 4.57 Å². The summed E-state index contributed by atoms with van der Waals surface area (Å²) >= 11 is 0. The number of fused-ring (bicyclic) bond motifs is 15. The smallest absolute Gasteiger partial charge is 0.235 e. The molecule has 18 rings (SSSR count). The van der Waals surface area contributed by atoms with Gasteiger partial charge >= 0.3 is 0 Å². The van der Waals surface area contributed by atoms with Crippen molar-refractivity contribution in [2.75, 3.05) is 4.90 Å². The Bertz CT molecular complexity index is 5750. The Hall–Kier alpha value is -11.9. The minimum atomic E-state index is 0.549. The fraction of sp³-hybridized carbons (Fsp3) is 0. The van der Waals surface area contributed by atoms with E-state index in [1.807, 2.05) is 0 Å². The van der Waals surface area contributed by atoms with Crippen LogP contribution >= 0.6 is 0 Å². The number of benzene rings is 15. The van der Waals surface area contributed by atoms with Gasteiger partial charge in [-0.1, -0.05) is 218 Å². The van der Waals surface area contributed by atoms with Crippen molar-refractivity contribution in [1.82, 2.24) is 24.5 Å². The summed E-state index contributed by atoms with van der Waals surface area (Å²) in [6, 6.07) is 109. The maximum Gasteiger partial charge on any atom is 0.235 e. The highest BCUT2D eigenvalue weighted by atomic mass is 15.2. The molecule has 18 aromatic rings. The van der Waals surface area contributed by atoms with E-state index in [1.165, 1.54) is 16.2 Å². The van der Waals surface area contributed by atoms with E-state index in [0.29, 0.717) is 5.95 Å². The first-order valence-corrected chi connectivity index (χ1v) is 29.9. The summed E-state index contributed by atoms with van der Waals surface area (Å²) < 4.78 is 2.27. The zero-order valence-electron chi connectivity index (χ0n) is 47.6. The van der Waals surface area contributed by atoms with Crippen molar-refractivity contribution in [3.8, 4) is 50.7 Å². The lowest BCUT2D eigenvalue weighted by Crippen LogP contribution is -2.09. The topological polar surface area (TPSA) is 59.7 Å². The molecule has 0 aliphatic rings. The van der Waals surface area contributed by atoms with E-state index in [1.54, 1.807) is 0 Å². The molecule has 15 aromatic carbocycles. The average Bonchev–Trinajstić information content (AvgIpc) is 1.76. The SMILES string of the molecule is c1ccc(N(c2ccccc2)c2ccc3c(c2)c2ccccc2c2nc4ccc5c(c6cc(-c7ccc8ccccc8c7)ccc6n5-c5nc(-c6ccc7ccccc7c6)c(-c6ccc7ccccc7c6)c(-c6ccc7ccccc7c6)n5)c4nc32)cc1. The third kappa shape index (κ3) is 8.04. The van der Waals surface area contributed by atoms with Crippen LogP contribution in [-0.2, 0) is 0 Å². The summed E-state index contributed by atoms with van der Waals surface area (Å²) in [5.41, 5.74) is 16.2. The summed E-state index contributed by atoms with van der Waals surface area (Å²) in [6.45, 7) is 0. The van der Waals surface area contributed by atoms with Crippen molar-refractivity contribution in [2.45, 2.75) is 0 Å². The minimum absolute atomic E-state index is 0.549. The second-order valence-electron chi connectivity index (χ2n) is 22.9. The molecule has 3 heterocycles. The number of nitrogens with zero attached hydrogens (tertiary/aromatic N) is 6. The number of hydrogen-bond acceptors (Lipinski definition) is 5. The van der Waals surface area contributed by atoms with Crippen LogP contribution in [0.15, 0.2) is 303 Å². The summed E-state index contributed by atoms with van der Waals surface area (Å²) in [5, 5.41) is 15.6. The predicted molar refractivity (Wildman–Crippen MR) is 368 cm³/mol. The number of anilines is 3. The standard InChI is InChI=1S/C82H50N6/c1-3-25-64(26-4-1)87(65-27-5-2-6-28-65)66-40-41-69-70(50-66)67-29-15-16-30-68(67)79-80(69)84-81-72(83-79)42-44-74-76(81)71-49-60(59-35-31-51-17-7-11-21-55(51)45-59)39-43-73(71)88(74)82-85-77(62-37-33-53-19-9-13-23-57(53)47-62)75(61-36-32-52-18-8-12-22-56(52)46-61)78(86-82)63-38-34-54-20-10-14-24-58(54)48-63/h1-50H. The van der Waals surface area contributed by atoms with Crippen LogP contribution in [0.5, 0.6) is 0 Å². The Kier molecular flexibility index (Phi) is 11.2. The highest BCUT2D eigenvalue weighted by Crippen LogP contribution is 2.46. The van der Waals surface area contributed by atoms with Gasteiger partial charge in [0.15, 0.2) is 0 Å². The maximum atomic E-state index is 5.91. The van der Waals surface area contributed by atoms with Crippen LogP contribution in [0.4, 0.5) is 17.1 Å². The van der Waals surface area contributed by atoms with E-state index in [9.17, 15) is 0 Å². The van der Waals surface area contributed by atoms with Crippen LogP contribution in [0, 0.1) is 0 Å². The van der Waals surface area contributed by atoms with Gasteiger partial charge in [-0.25, -0.2) is 19.9 Å². The monoisotopic (exact) mass is 1120 g/mol. The molecular weight excluding hydrogens is 1070 g/mol. The summed E-state index contributed by atoms with van der Waals surface area (Å²) in [7, 11) is 0. The van der Waals surface area contributed by atoms with Crippen LogP contribution in [0.2, 0.25) is 0 Å². The normalized spacial score (nSPS) is 11.9. The van der Waals surface area contributed by atoms with Crippen molar-refractivity contribution < 1.29 is 0 Å². The molecule has 6 heteroatoms. The van der Waals surface area contributed by atoms with Crippen molar-refractivity contribution in [1.29, 1.82) is 0 Å². The second kappa shape index (κ2) is 19.9. The molecule has 0 unspecified atom stereocenters. The lowest BCUT2D eigenvalue weighted by molar-refractivity contribution is 0.997. The first-order valence-electron chi connectivity index (χ1n) is 29.9. The third-order valence-electron chi connectivity index (χ3n) is 17.8. The maximum absolute atomic E-state index is 5.91. The molecule has 0 N–H and O–H groups in total. The molecule has 0 atom stereocenters. The molecule has 408 valence electrons. The molecule has 0 fully saturated rings. The molecule has 88 heavy (non-hydrogen) atoms. The summed E-state index contributed by atoms with van der Waals surface area (Å²) in [6.07, 6.45) is 0. The fourth-order valence-electron chi connectivity index (χ4n) is 13.6. The highest BCUT2D eigenvalue weighted by molar-refractivity contribution is 6.27. The van der Waals surface area contributed by atoms with E-state index in [0.717, 1.165) is 154 Å². The predicted octanol–water partition coefficient (Wildman–Crippen LogP) is 21.7. The van der Waals surface area contributed by atoms with Crippen molar-refractivity contribution in [3.63, 3.8) is 0 Å². The Morgan fingerprint density at radius 1 is 0.250 bits per heavy atom. The van der Waals surface area contributed by atoms with Gasteiger partial charge in [-0.15, -0.1) is 0 Å². The third-order valence-corrected chi connectivity index (χ3v) is 17.8. The molecule has 6 nitrogen and oxygen atoms in total. The lowest BCUT2D eigenvalue weighted by Gasteiger charge is -2.26. The van der Waals surface area contributed by atoms with E-state index >= 15 is 0 Å². The number of rotatable bonds is 8. The fourth-order valence-corrected chi connectivity index (χ4v) is 13.6. The number of para-hydroxylation sites is 2. The second-order valence-corrected chi connectivity index (χ2v) is 22.9. The molecule has 0 saturated carbocycles. The zero-order valence-corrected chi connectivity index (χ0v) is 47.6. The summed E-state index contributed by atoms with van der Waals surface area (Å²) in [5.74, 6) is 0.549. The van der Waals surface area contributed by atoms with E-state index in [-0.39, 0.29) is 0 Å². The van der Waals surface area contributed by atoms with Gasteiger partial charge in [0.25, 0.3) is 0 Å². The van der Waals surface area contributed by atoms with Crippen molar-refractivity contribution in [3.05, 3.63) is 303 Å². The molecule has 3 aromatic heterocycles. The number of aromatic nitrogens is 5. The van der Waals surface area contributed by atoms with Gasteiger partial charge < -0.3 is 4.90 Å². The summed E-state index contributed by atoms with van der Waals surface area (Å²) in [4.78, 5) is 25.7. The van der Waals surface area contributed by atoms with Gasteiger partial charge in [-0.05, 0) is 155 Å². The van der Waals surface area contributed by atoms with E-state index in [2.05, 4.69) is 313 Å². The van der Waals surface area contributed by atoms with Crippen LogP contribution in [0.3, 0.4) is 0 Å². The van der Waals surface area contributed by atoms with Crippen molar-refractivity contribution >= 4 is 126 Å². The molecule has 0 saturated heterocycles. The van der Waals surface area contributed by atoms with Gasteiger partial charge in [0.2, 0.25) is 5.95 Å². The van der Waals surface area contributed by atoms with Crippen LogP contribution in [-0.4, -0.2) is 24.5 Å². The van der Waals surface area contributed by atoms with Crippen LogP contribution in [0.25, 0.3) is 159 Å². The van der Waals surface area contributed by atoms with Crippen molar-refractivity contribution in [2.24, 2.45) is 0 Å². The van der Waals surface area contributed by atoms with Gasteiger partial charge in [0.05, 0.1) is 44.5 Å². The Labute approximate surface area is 506 Å². The highest BCUT2D eigenvalue weighted by Gasteiger charge is 2.26. The Morgan fingerprint density at radius 3 is 1.28 bits per heavy atom. The first kappa shape index (κ1) is 49.6. The minimum Gasteiger partial charge on any atom is -0.310 e. The first-order chi connectivity index (χ1) is 43.6. The van der Waals surface area contributed by atoms with E-state index in [4.69, 9.17) is 19.9 Å². The molecule has 0 aliphatic heterocycles. The Morgan fingerprint density at radius 2 is 0.693 bits per heavy atom. The Balaban J connectivity index is 0.946. The average molecular weight is 1120 g/mol. The molecule has 0 radical (unpaired) electrons. The van der Waals surface area contributed by atoms with Gasteiger partial charge in [0, 0.05) is 55.3 Å². The molecule has 0 bridgehead atoms.